The van der Waals surface area contributed by atoms with E-state index in [-0.39, 0.29) is 11.3 Å². The Morgan fingerprint density at radius 3 is 2.73 bits per heavy atom. The monoisotopic (exact) mass is 359 g/mol. The number of benzene rings is 1. The lowest BCUT2D eigenvalue weighted by Gasteiger charge is -2.16. The van der Waals surface area contributed by atoms with Gasteiger partial charge in [0.2, 0.25) is 10.0 Å². The van der Waals surface area contributed by atoms with Crippen LogP contribution in [0.4, 0.5) is 0 Å². The van der Waals surface area contributed by atoms with Gasteiger partial charge in [-0.15, -0.1) is 11.3 Å². The van der Waals surface area contributed by atoms with Crippen LogP contribution in [0.2, 0.25) is 5.02 Å². The molecule has 1 atom stereocenters. The highest BCUT2D eigenvalue weighted by atomic mass is 35.5. The van der Waals surface area contributed by atoms with Crippen molar-refractivity contribution in [1.82, 2.24) is 4.72 Å². The van der Waals surface area contributed by atoms with Gasteiger partial charge in [-0.25, -0.2) is 13.1 Å². The van der Waals surface area contributed by atoms with E-state index in [2.05, 4.69) is 9.46 Å². The van der Waals surface area contributed by atoms with Crippen molar-refractivity contribution < 1.29 is 17.9 Å². The smallest absolute Gasteiger partial charge is 0.307 e. The maximum Gasteiger partial charge on any atom is 0.307 e. The first-order valence-electron chi connectivity index (χ1n) is 6.30. The van der Waals surface area contributed by atoms with E-state index in [0.717, 1.165) is 4.88 Å². The van der Waals surface area contributed by atoms with E-state index < -0.39 is 22.0 Å². The molecule has 0 fully saturated rings. The molecular formula is C14H14ClNO4S2. The molecule has 1 heterocycles. The largest absolute Gasteiger partial charge is 0.469 e. The number of hydrogen-bond acceptors (Lipinski definition) is 5. The van der Waals surface area contributed by atoms with Crippen LogP contribution >= 0.6 is 22.9 Å². The number of rotatable bonds is 6. The molecule has 8 heteroatoms. The van der Waals surface area contributed by atoms with Crippen LogP contribution in [0.5, 0.6) is 0 Å². The van der Waals surface area contributed by atoms with Gasteiger partial charge in [-0.3, -0.25) is 4.79 Å². The van der Waals surface area contributed by atoms with Crippen molar-refractivity contribution in [2.24, 2.45) is 0 Å². The minimum atomic E-state index is -3.80. The van der Waals surface area contributed by atoms with Crippen LogP contribution in [0.1, 0.15) is 17.3 Å². The van der Waals surface area contributed by atoms with E-state index in [1.807, 2.05) is 5.38 Å². The maximum atomic E-state index is 12.4. The standard InChI is InChI=1S/C14H14ClNO4S2/c1-20-14(17)9-12(13-6-3-7-21-13)16-22(18,19)11-5-2-4-10(15)8-11/h2-8,12,16H,9H2,1H3/t12-/m0/s1. The Kier molecular flexibility index (Phi) is 5.57. The van der Waals surface area contributed by atoms with Gasteiger partial charge in [0.1, 0.15) is 0 Å². The summed E-state index contributed by atoms with van der Waals surface area (Å²) in [5, 5.41) is 2.14. The molecule has 2 aromatic rings. The van der Waals surface area contributed by atoms with E-state index in [1.54, 1.807) is 24.3 Å². The van der Waals surface area contributed by atoms with Gasteiger partial charge in [-0.05, 0) is 29.6 Å². The molecule has 118 valence electrons. The van der Waals surface area contributed by atoms with E-state index >= 15 is 0 Å². The van der Waals surface area contributed by atoms with Gasteiger partial charge in [0.05, 0.1) is 24.5 Å². The molecule has 0 aliphatic heterocycles. The second-order valence-corrected chi connectivity index (χ2v) is 7.56. The van der Waals surface area contributed by atoms with Crippen molar-refractivity contribution in [2.75, 3.05) is 7.11 Å². The molecule has 0 saturated carbocycles. The molecule has 0 aliphatic carbocycles. The minimum absolute atomic E-state index is 0.0476. The Morgan fingerprint density at radius 1 is 1.36 bits per heavy atom. The maximum absolute atomic E-state index is 12.4. The lowest BCUT2D eigenvalue weighted by Crippen LogP contribution is -2.30. The summed E-state index contributed by atoms with van der Waals surface area (Å²) in [6.45, 7) is 0. The fourth-order valence-electron chi connectivity index (χ4n) is 1.83. The Bertz CT molecular complexity index is 744. The first-order chi connectivity index (χ1) is 10.4. The quantitative estimate of drug-likeness (QED) is 0.805. The SMILES string of the molecule is COC(=O)C[C@H](NS(=O)(=O)c1cccc(Cl)c1)c1cccs1. The molecule has 0 saturated heterocycles. The number of sulfonamides is 1. The summed E-state index contributed by atoms with van der Waals surface area (Å²) in [6, 6.07) is 8.81. The molecular weight excluding hydrogens is 346 g/mol. The molecule has 0 bridgehead atoms. The number of nitrogens with one attached hydrogen (secondary N) is 1. The van der Waals surface area contributed by atoms with Gasteiger partial charge in [0.15, 0.2) is 0 Å². The zero-order valence-electron chi connectivity index (χ0n) is 11.7. The van der Waals surface area contributed by atoms with Crippen molar-refractivity contribution in [3.8, 4) is 0 Å². The van der Waals surface area contributed by atoms with Gasteiger partial charge >= 0.3 is 5.97 Å². The van der Waals surface area contributed by atoms with Crippen molar-refractivity contribution in [1.29, 1.82) is 0 Å². The first kappa shape index (κ1) is 17.0. The average molecular weight is 360 g/mol. The minimum Gasteiger partial charge on any atom is -0.469 e. The van der Waals surface area contributed by atoms with Gasteiger partial charge in [0, 0.05) is 9.90 Å². The van der Waals surface area contributed by atoms with Crippen LogP contribution in [0.3, 0.4) is 0 Å². The molecule has 5 nitrogen and oxygen atoms in total. The lowest BCUT2D eigenvalue weighted by molar-refractivity contribution is -0.141. The fourth-order valence-corrected chi connectivity index (χ4v) is 4.20. The summed E-state index contributed by atoms with van der Waals surface area (Å²) < 4.78 is 32.0. The molecule has 0 unspecified atom stereocenters. The summed E-state index contributed by atoms with van der Waals surface area (Å²) in [6.07, 6.45) is -0.0865. The number of carbonyl (C=O) groups is 1. The predicted octanol–water partition coefficient (Wildman–Crippen LogP) is 2.98. The van der Waals surface area contributed by atoms with Gasteiger partial charge in [-0.2, -0.15) is 0 Å². The number of hydrogen-bond donors (Lipinski definition) is 1. The van der Waals surface area contributed by atoms with Crippen molar-refractivity contribution >= 4 is 38.9 Å². The molecule has 0 aliphatic rings. The van der Waals surface area contributed by atoms with Crippen LogP contribution in [0, 0.1) is 0 Å². The highest BCUT2D eigenvalue weighted by Crippen LogP contribution is 2.25. The number of ether oxygens (including phenoxy) is 1. The topological polar surface area (TPSA) is 72.5 Å². The Hall–Kier alpha value is -1.41. The third-order valence-electron chi connectivity index (χ3n) is 2.89. The third-order valence-corrected chi connectivity index (χ3v) is 5.58. The summed E-state index contributed by atoms with van der Waals surface area (Å²) in [5.41, 5.74) is 0. The highest BCUT2D eigenvalue weighted by molar-refractivity contribution is 7.89. The Labute approximate surface area is 137 Å². The summed E-state index contributed by atoms with van der Waals surface area (Å²) in [5.74, 6) is -0.493. The zero-order valence-corrected chi connectivity index (χ0v) is 14.0. The van der Waals surface area contributed by atoms with E-state index in [1.165, 1.54) is 30.6 Å². The predicted molar refractivity (Wildman–Crippen MR) is 85.5 cm³/mol. The summed E-state index contributed by atoms with van der Waals surface area (Å²) in [7, 11) is -2.53. The second kappa shape index (κ2) is 7.23. The van der Waals surface area contributed by atoms with Gasteiger partial charge in [0.25, 0.3) is 0 Å². The van der Waals surface area contributed by atoms with Crippen LogP contribution in [0.15, 0.2) is 46.7 Å². The van der Waals surface area contributed by atoms with E-state index in [9.17, 15) is 13.2 Å². The van der Waals surface area contributed by atoms with Crippen LogP contribution in [-0.2, 0) is 19.6 Å². The van der Waals surface area contributed by atoms with Crippen molar-refractivity contribution in [3.05, 3.63) is 51.7 Å². The van der Waals surface area contributed by atoms with E-state index in [0.29, 0.717) is 5.02 Å². The molecule has 22 heavy (non-hydrogen) atoms. The third kappa shape index (κ3) is 4.30. The zero-order chi connectivity index (χ0) is 16.2. The number of halogens is 1. The number of carbonyl (C=O) groups excluding carboxylic acids is 1. The molecule has 0 amide bonds. The Balaban J connectivity index is 2.28. The summed E-state index contributed by atoms with van der Waals surface area (Å²) in [4.78, 5) is 12.3. The van der Waals surface area contributed by atoms with Crippen LogP contribution < -0.4 is 4.72 Å². The number of methoxy groups -OCH3 is 1. The van der Waals surface area contributed by atoms with Gasteiger partial charge < -0.3 is 4.74 Å². The van der Waals surface area contributed by atoms with E-state index in [4.69, 9.17) is 11.6 Å². The lowest BCUT2D eigenvalue weighted by atomic mass is 10.2. The highest BCUT2D eigenvalue weighted by Gasteiger charge is 2.24. The molecule has 1 aromatic heterocycles. The first-order valence-corrected chi connectivity index (χ1v) is 9.04. The molecule has 0 spiro atoms. The van der Waals surface area contributed by atoms with Crippen LogP contribution in [-0.4, -0.2) is 21.5 Å². The second-order valence-electron chi connectivity index (χ2n) is 4.43. The van der Waals surface area contributed by atoms with Gasteiger partial charge in [-0.1, -0.05) is 23.7 Å². The Morgan fingerprint density at radius 2 is 2.14 bits per heavy atom. The number of thiophene rings is 1. The van der Waals surface area contributed by atoms with Crippen molar-refractivity contribution in [2.45, 2.75) is 17.4 Å². The van der Waals surface area contributed by atoms with Crippen molar-refractivity contribution in [3.63, 3.8) is 0 Å². The average Bonchev–Trinajstić information content (AvgIpc) is 3.00. The molecule has 2 rings (SSSR count). The summed E-state index contributed by atoms with van der Waals surface area (Å²) >= 11 is 7.19. The molecule has 0 radical (unpaired) electrons. The van der Waals surface area contributed by atoms with Crippen LogP contribution in [0.25, 0.3) is 0 Å². The number of esters is 1. The fraction of sp³-hybridized carbons (Fsp3) is 0.214. The molecule has 1 N–H and O–H groups in total. The molecule has 1 aromatic carbocycles. The normalized spacial score (nSPS) is 12.8.